The number of para-hydroxylation sites is 1. The number of hydrogen-bond acceptors (Lipinski definition) is 9. The summed E-state index contributed by atoms with van der Waals surface area (Å²) in [6.07, 6.45) is 1.04. The average Bonchev–Trinajstić information content (AvgIpc) is 3.06. The summed E-state index contributed by atoms with van der Waals surface area (Å²) in [5.74, 6) is 0.184. The Morgan fingerprint density at radius 1 is 1.24 bits per heavy atom. The van der Waals surface area contributed by atoms with E-state index < -0.39 is 11.2 Å². The van der Waals surface area contributed by atoms with Gasteiger partial charge in [-0.25, -0.2) is 0 Å². The van der Waals surface area contributed by atoms with Gasteiger partial charge in [0, 0.05) is 11.3 Å². The van der Waals surface area contributed by atoms with Gasteiger partial charge >= 0.3 is 5.88 Å². The highest BCUT2D eigenvalue weighted by molar-refractivity contribution is 7.98. The van der Waals surface area contributed by atoms with Gasteiger partial charge in [0.05, 0.1) is 6.07 Å². The highest BCUT2D eigenvalue weighted by atomic mass is 32.2. The summed E-state index contributed by atoms with van der Waals surface area (Å²) >= 11 is 1.34. The Balaban J connectivity index is 1.82. The number of anilines is 1. The van der Waals surface area contributed by atoms with Crippen LogP contribution in [0.5, 0.6) is 5.88 Å². The predicted molar refractivity (Wildman–Crippen MR) is 89.4 cm³/mol. The summed E-state index contributed by atoms with van der Waals surface area (Å²) < 4.78 is 11.2. The van der Waals surface area contributed by atoms with Crippen molar-refractivity contribution >= 4 is 23.3 Å². The van der Waals surface area contributed by atoms with Crippen molar-refractivity contribution < 1.29 is 14.1 Å². The molecule has 1 aliphatic heterocycles. The molecule has 0 spiro atoms. The molecule has 9 nitrogen and oxygen atoms in total. The van der Waals surface area contributed by atoms with Crippen LogP contribution in [0.25, 0.3) is 11.3 Å². The third-order valence-electron chi connectivity index (χ3n) is 3.57. The van der Waals surface area contributed by atoms with Gasteiger partial charge in [0.15, 0.2) is 11.5 Å². The first-order chi connectivity index (χ1) is 12.2. The molecule has 0 radical (unpaired) electrons. The highest BCUT2D eigenvalue weighted by Gasteiger charge is 2.29. The molecular formula is C15H11N5O4S. The first-order valence-corrected chi connectivity index (χ1v) is 8.43. The Kier molecular flexibility index (Phi) is 3.73. The minimum absolute atomic E-state index is 0.263. The lowest BCUT2D eigenvalue weighted by Gasteiger charge is -2.16. The quantitative estimate of drug-likeness (QED) is 0.428. The van der Waals surface area contributed by atoms with Crippen LogP contribution in [0.4, 0.5) is 11.6 Å². The fraction of sp³-hybridized carbons (Fsp3) is 0.133. The van der Waals surface area contributed by atoms with Crippen LogP contribution in [-0.4, -0.2) is 26.4 Å². The van der Waals surface area contributed by atoms with Crippen LogP contribution in [0, 0.1) is 10.1 Å². The van der Waals surface area contributed by atoms with E-state index in [4.69, 9.17) is 9.15 Å². The number of aromatic nitrogens is 3. The van der Waals surface area contributed by atoms with Crippen LogP contribution >= 0.6 is 11.8 Å². The molecule has 1 aliphatic rings. The van der Waals surface area contributed by atoms with Crippen molar-refractivity contribution in [2.24, 2.45) is 0 Å². The standard InChI is InChI=1S/C15H11N5O4S/c1-25-15-17-14-12(18-19-15)8-4-2-3-5-9(8)16-13(24-14)10-6-7-11(23-10)20(21)22/h2-7,13,16H,1H3/t13-/m1/s1. The smallest absolute Gasteiger partial charge is 0.433 e. The van der Waals surface area contributed by atoms with E-state index >= 15 is 0 Å². The first-order valence-electron chi connectivity index (χ1n) is 7.21. The number of fused-ring (bicyclic) bond motifs is 3. The molecule has 4 rings (SSSR count). The molecular weight excluding hydrogens is 346 g/mol. The van der Waals surface area contributed by atoms with Crippen molar-refractivity contribution in [2.45, 2.75) is 11.4 Å². The van der Waals surface area contributed by atoms with Gasteiger partial charge in [-0.15, -0.1) is 10.2 Å². The molecule has 0 aliphatic carbocycles. The van der Waals surface area contributed by atoms with E-state index in [-0.39, 0.29) is 17.5 Å². The maximum Gasteiger partial charge on any atom is 0.433 e. The number of nitro groups is 1. The number of nitrogens with zero attached hydrogens (tertiary/aromatic N) is 4. The Morgan fingerprint density at radius 2 is 2.08 bits per heavy atom. The molecule has 1 N–H and O–H groups in total. The van der Waals surface area contributed by atoms with Crippen LogP contribution in [0.3, 0.4) is 0 Å². The summed E-state index contributed by atoms with van der Waals surface area (Å²) in [4.78, 5) is 14.6. The van der Waals surface area contributed by atoms with E-state index in [0.717, 1.165) is 11.3 Å². The van der Waals surface area contributed by atoms with Crippen LogP contribution in [-0.2, 0) is 0 Å². The average molecular weight is 357 g/mol. The Labute approximate surface area is 145 Å². The largest absolute Gasteiger partial charge is 0.444 e. The van der Waals surface area contributed by atoms with Gasteiger partial charge in [0.25, 0.3) is 0 Å². The third kappa shape index (κ3) is 2.76. The summed E-state index contributed by atoms with van der Waals surface area (Å²) in [5, 5.41) is 22.8. The Morgan fingerprint density at radius 3 is 2.84 bits per heavy atom. The lowest BCUT2D eigenvalue weighted by Crippen LogP contribution is -2.16. The van der Waals surface area contributed by atoms with Gasteiger partial charge in [-0.1, -0.05) is 30.0 Å². The summed E-state index contributed by atoms with van der Waals surface area (Å²) in [6, 6.07) is 10.2. The molecule has 126 valence electrons. The third-order valence-corrected chi connectivity index (χ3v) is 4.11. The molecule has 0 unspecified atom stereocenters. The van der Waals surface area contributed by atoms with E-state index in [2.05, 4.69) is 20.5 Å². The van der Waals surface area contributed by atoms with E-state index in [0.29, 0.717) is 10.9 Å². The number of ether oxygens (including phenoxy) is 1. The molecule has 0 fully saturated rings. The molecule has 3 aromatic rings. The highest BCUT2D eigenvalue weighted by Crippen LogP contribution is 2.39. The molecule has 10 heteroatoms. The minimum atomic E-state index is -0.789. The lowest BCUT2D eigenvalue weighted by atomic mass is 10.1. The molecule has 0 saturated heterocycles. The predicted octanol–water partition coefficient (Wildman–Crippen LogP) is 3.26. The molecule has 1 aromatic carbocycles. The van der Waals surface area contributed by atoms with Crippen LogP contribution in [0.1, 0.15) is 12.0 Å². The topological polar surface area (TPSA) is 116 Å². The lowest BCUT2D eigenvalue weighted by molar-refractivity contribution is -0.402. The number of benzene rings is 1. The molecule has 2 aromatic heterocycles. The second-order valence-electron chi connectivity index (χ2n) is 5.07. The summed E-state index contributed by atoms with van der Waals surface area (Å²) in [7, 11) is 0. The van der Waals surface area contributed by atoms with Gasteiger partial charge in [-0.3, -0.25) is 10.1 Å². The van der Waals surface area contributed by atoms with Crippen molar-refractivity contribution in [2.75, 3.05) is 11.6 Å². The van der Waals surface area contributed by atoms with Crippen molar-refractivity contribution in [3.63, 3.8) is 0 Å². The summed E-state index contributed by atoms with van der Waals surface area (Å²) in [5.41, 5.74) is 2.00. The number of furan rings is 1. The van der Waals surface area contributed by atoms with E-state index in [1.807, 2.05) is 30.5 Å². The van der Waals surface area contributed by atoms with E-state index in [9.17, 15) is 10.1 Å². The van der Waals surface area contributed by atoms with E-state index in [1.54, 1.807) is 0 Å². The molecule has 3 heterocycles. The first kappa shape index (κ1) is 15.4. The molecule has 25 heavy (non-hydrogen) atoms. The number of hydrogen-bond donors (Lipinski definition) is 1. The molecule has 0 saturated carbocycles. The Bertz CT molecular complexity index is 961. The van der Waals surface area contributed by atoms with Gasteiger partial charge in [-0.05, 0) is 18.4 Å². The maximum absolute atomic E-state index is 10.9. The second kappa shape index (κ2) is 6.06. The number of thioether (sulfide) groups is 1. The normalized spacial score (nSPS) is 15.3. The molecule has 0 amide bonds. The summed E-state index contributed by atoms with van der Waals surface area (Å²) in [6.45, 7) is 0. The van der Waals surface area contributed by atoms with Crippen molar-refractivity contribution in [3.05, 3.63) is 52.3 Å². The van der Waals surface area contributed by atoms with Gasteiger partial charge in [0.2, 0.25) is 17.3 Å². The second-order valence-corrected chi connectivity index (χ2v) is 5.85. The maximum atomic E-state index is 10.9. The monoisotopic (exact) mass is 357 g/mol. The SMILES string of the molecule is CSc1nnc2c(n1)O[C@H](c1ccc([N+](=O)[O-])o1)Nc1ccccc1-2. The van der Waals surface area contributed by atoms with Gasteiger partial charge in [-0.2, -0.15) is 4.98 Å². The van der Waals surface area contributed by atoms with Crippen LogP contribution in [0.2, 0.25) is 0 Å². The minimum Gasteiger partial charge on any atom is -0.444 e. The fourth-order valence-corrected chi connectivity index (χ4v) is 2.74. The number of rotatable bonds is 3. The van der Waals surface area contributed by atoms with E-state index in [1.165, 1.54) is 23.9 Å². The zero-order valence-electron chi connectivity index (χ0n) is 12.9. The fourth-order valence-electron chi connectivity index (χ4n) is 2.44. The van der Waals surface area contributed by atoms with Gasteiger partial charge < -0.3 is 14.5 Å². The van der Waals surface area contributed by atoms with Crippen molar-refractivity contribution in [3.8, 4) is 17.1 Å². The van der Waals surface area contributed by atoms with Crippen LogP contribution < -0.4 is 10.1 Å². The molecule has 0 bridgehead atoms. The van der Waals surface area contributed by atoms with Crippen LogP contribution in [0.15, 0.2) is 46.0 Å². The van der Waals surface area contributed by atoms with Gasteiger partial charge in [0.1, 0.15) is 4.92 Å². The molecule has 1 atom stereocenters. The zero-order valence-corrected chi connectivity index (χ0v) is 13.7. The zero-order chi connectivity index (χ0) is 17.4. The van der Waals surface area contributed by atoms with Crippen molar-refractivity contribution in [1.82, 2.24) is 15.2 Å². The van der Waals surface area contributed by atoms with Crippen molar-refractivity contribution in [1.29, 1.82) is 0 Å². The Hall–Kier alpha value is -3.14. The number of nitrogens with one attached hydrogen (secondary N) is 1.